The van der Waals surface area contributed by atoms with Gasteiger partial charge >= 0.3 is 11.9 Å². The smallest absolute Gasteiger partial charge is 0.309 e. The summed E-state index contributed by atoms with van der Waals surface area (Å²) in [5, 5.41) is 8.62. The highest BCUT2D eigenvalue weighted by molar-refractivity contribution is 6.67. The van der Waals surface area contributed by atoms with Crippen molar-refractivity contribution in [3.05, 3.63) is 0 Å². The van der Waals surface area contributed by atoms with Crippen molar-refractivity contribution in [1.29, 1.82) is 0 Å². The molecule has 104 valence electrons. The molecule has 1 atom stereocenters. The lowest BCUT2D eigenvalue weighted by Crippen LogP contribution is -2.24. The molecule has 0 saturated carbocycles. The van der Waals surface area contributed by atoms with E-state index in [-0.39, 0.29) is 25.2 Å². The Morgan fingerprint density at radius 3 is 2.17 bits per heavy atom. The summed E-state index contributed by atoms with van der Waals surface area (Å²) in [6.45, 7) is 1.12. The lowest BCUT2D eigenvalue weighted by molar-refractivity contribution is -0.154. The summed E-state index contributed by atoms with van der Waals surface area (Å²) in [5.74, 6) is -3.25. The minimum Gasteiger partial charge on any atom is -0.481 e. The first-order chi connectivity index (χ1) is 8.11. The second kappa shape index (κ2) is 7.81. The van der Waals surface area contributed by atoms with Crippen LogP contribution in [-0.2, 0) is 19.1 Å². The van der Waals surface area contributed by atoms with E-state index in [1.807, 2.05) is 0 Å². The molecule has 0 aliphatic carbocycles. The molecule has 18 heavy (non-hydrogen) atoms. The number of ether oxygens (including phenoxy) is 1. The zero-order valence-electron chi connectivity index (χ0n) is 9.62. The average Bonchev–Trinajstić information content (AvgIpc) is 2.12. The zero-order valence-corrected chi connectivity index (χ0v) is 11.9. The first-order valence-electron chi connectivity index (χ1n) is 5.06. The molecule has 0 aromatic carbocycles. The number of hydrogen-bond donors (Lipinski definition) is 1. The molecule has 0 aliphatic heterocycles. The van der Waals surface area contributed by atoms with E-state index in [1.54, 1.807) is 0 Å². The Kier molecular flexibility index (Phi) is 7.59. The van der Waals surface area contributed by atoms with Gasteiger partial charge in [0.15, 0.2) is 3.79 Å². The maximum atomic E-state index is 11.5. The quantitative estimate of drug-likeness (QED) is 0.575. The summed E-state index contributed by atoms with van der Waals surface area (Å²) in [6.07, 6.45) is -0.658. The van der Waals surface area contributed by atoms with Gasteiger partial charge in [0, 0.05) is 12.8 Å². The van der Waals surface area contributed by atoms with Gasteiger partial charge in [-0.05, 0) is 6.92 Å². The van der Waals surface area contributed by atoms with Gasteiger partial charge < -0.3 is 14.6 Å². The van der Waals surface area contributed by atoms with Crippen LogP contribution in [0.1, 0.15) is 26.2 Å². The number of halogens is 3. The van der Waals surface area contributed by atoms with Crippen molar-refractivity contribution < 1.29 is 24.2 Å². The van der Waals surface area contributed by atoms with E-state index in [0.717, 1.165) is 0 Å². The number of carboxylic acid groups (broad SMARTS) is 1. The third kappa shape index (κ3) is 9.50. The first kappa shape index (κ1) is 17.5. The van der Waals surface area contributed by atoms with E-state index in [1.165, 1.54) is 6.92 Å². The van der Waals surface area contributed by atoms with Gasteiger partial charge in [0.05, 0.1) is 18.9 Å². The summed E-state index contributed by atoms with van der Waals surface area (Å²) in [7, 11) is 0. The number of alkyl halides is 3. The molecule has 0 amide bonds. The minimum atomic E-state index is -1.54. The highest BCUT2D eigenvalue weighted by Gasteiger charge is 2.26. The fourth-order valence-electron chi connectivity index (χ4n) is 1.18. The normalized spacial score (nSPS) is 12.9. The molecule has 0 aromatic rings. The Hall–Kier alpha value is -0.520. The number of Topliss-reactive ketones (excluding diaryl/α,β-unsaturated/α-hetero) is 1. The van der Waals surface area contributed by atoms with E-state index in [4.69, 9.17) is 44.6 Å². The zero-order chi connectivity index (χ0) is 14.3. The molecule has 0 bridgehead atoms. The first-order valence-corrected chi connectivity index (χ1v) is 6.20. The molecule has 1 N–H and O–H groups in total. The molecule has 5 nitrogen and oxygen atoms in total. The van der Waals surface area contributed by atoms with E-state index >= 15 is 0 Å². The van der Waals surface area contributed by atoms with Gasteiger partial charge in [0.1, 0.15) is 5.78 Å². The van der Waals surface area contributed by atoms with Crippen LogP contribution in [0.15, 0.2) is 0 Å². The lowest BCUT2D eigenvalue weighted by atomic mass is 9.99. The molecule has 1 unspecified atom stereocenters. The lowest BCUT2D eigenvalue weighted by Gasteiger charge is -2.14. The summed E-state index contributed by atoms with van der Waals surface area (Å²) < 4.78 is 3.24. The molecule has 0 aliphatic rings. The van der Waals surface area contributed by atoms with Crippen molar-refractivity contribution in [2.75, 3.05) is 6.61 Å². The maximum Gasteiger partial charge on any atom is 0.309 e. The van der Waals surface area contributed by atoms with E-state index in [0.29, 0.717) is 0 Å². The van der Waals surface area contributed by atoms with Crippen LogP contribution in [0, 0.1) is 5.92 Å². The predicted molar refractivity (Wildman–Crippen MR) is 66.9 cm³/mol. The van der Waals surface area contributed by atoms with Crippen LogP contribution in [0.25, 0.3) is 0 Å². The van der Waals surface area contributed by atoms with E-state index < -0.39 is 28.1 Å². The van der Waals surface area contributed by atoms with Crippen LogP contribution < -0.4 is 0 Å². The third-order valence-corrected chi connectivity index (χ3v) is 2.49. The summed E-state index contributed by atoms with van der Waals surface area (Å²) in [4.78, 5) is 33.0. The third-order valence-electron chi connectivity index (χ3n) is 1.92. The Morgan fingerprint density at radius 2 is 1.78 bits per heavy atom. The van der Waals surface area contributed by atoms with Crippen LogP contribution >= 0.6 is 34.8 Å². The van der Waals surface area contributed by atoms with Gasteiger partial charge in [-0.15, -0.1) is 0 Å². The van der Waals surface area contributed by atoms with Crippen LogP contribution in [0.2, 0.25) is 0 Å². The van der Waals surface area contributed by atoms with Gasteiger partial charge in [-0.25, -0.2) is 0 Å². The van der Waals surface area contributed by atoms with Gasteiger partial charge in [0.2, 0.25) is 0 Å². The topological polar surface area (TPSA) is 80.7 Å². The van der Waals surface area contributed by atoms with Crippen molar-refractivity contribution in [3.63, 3.8) is 0 Å². The number of aliphatic carboxylic acids is 1. The summed E-state index contributed by atoms with van der Waals surface area (Å²) >= 11 is 16.4. The Labute approximate surface area is 119 Å². The number of carboxylic acids is 1. The molecule has 0 fully saturated rings. The van der Waals surface area contributed by atoms with E-state index in [9.17, 15) is 14.4 Å². The van der Waals surface area contributed by atoms with Crippen molar-refractivity contribution in [2.45, 2.75) is 30.0 Å². The van der Waals surface area contributed by atoms with Gasteiger partial charge in [-0.2, -0.15) is 0 Å². The van der Waals surface area contributed by atoms with Gasteiger partial charge in [0.25, 0.3) is 0 Å². The van der Waals surface area contributed by atoms with Gasteiger partial charge in [-0.3, -0.25) is 9.59 Å². The molecule has 0 saturated heterocycles. The fourth-order valence-corrected chi connectivity index (χ4v) is 1.41. The number of carbonyl (C=O) groups is 3. The average molecular weight is 320 g/mol. The fraction of sp³-hybridized carbons (Fsp3) is 0.700. The molecular formula is C10H13Cl3O5. The molecule has 8 heteroatoms. The molecule has 0 radical (unpaired) electrons. The second-order valence-electron chi connectivity index (χ2n) is 3.73. The molecule has 0 heterocycles. The number of rotatable bonds is 7. The predicted octanol–water partition coefficient (Wildman–Crippen LogP) is 2.36. The van der Waals surface area contributed by atoms with Crippen LogP contribution in [0.3, 0.4) is 0 Å². The van der Waals surface area contributed by atoms with E-state index in [2.05, 4.69) is 0 Å². The maximum absolute atomic E-state index is 11.5. The van der Waals surface area contributed by atoms with Crippen molar-refractivity contribution in [2.24, 2.45) is 5.92 Å². The minimum absolute atomic E-state index is 0.0106. The monoisotopic (exact) mass is 318 g/mol. The summed E-state index contributed by atoms with van der Waals surface area (Å²) in [5.41, 5.74) is 0. The molecule has 0 spiro atoms. The summed E-state index contributed by atoms with van der Waals surface area (Å²) in [6, 6.07) is 0. The van der Waals surface area contributed by atoms with Crippen molar-refractivity contribution in [3.8, 4) is 0 Å². The second-order valence-corrected chi connectivity index (χ2v) is 6.25. The highest BCUT2D eigenvalue weighted by atomic mass is 35.6. The molecule has 0 rings (SSSR count). The van der Waals surface area contributed by atoms with Crippen molar-refractivity contribution in [1.82, 2.24) is 0 Å². The number of hydrogen-bond acceptors (Lipinski definition) is 4. The van der Waals surface area contributed by atoms with Crippen molar-refractivity contribution >= 4 is 52.5 Å². The number of carbonyl (C=O) groups excluding carboxylic acids is 2. The molecular weight excluding hydrogens is 306 g/mol. The SMILES string of the molecule is CC(=O)CC(CC(=O)O)C(=O)OCCC(Cl)(Cl)Cl. The highest BCUT2D eigenvalue weighted by Crippen LogP contribution is 2.29. The van der Waals surface area contributed by atoms with Crippen LogP contribution in [0.4, 0.5) is 0 Å². The Morgan fingerprint density at radius 1 is 1.22 bits per heavy atom. The Bertz CT molecular complexity index is 308. The Balaban J connectivity index is 4.29. The number of esters is 1. The standard InChI is InChI=1S/C10H13Cl3O5/c1-6(14)4-7(5-8(15)16)9(17)18-3-2-10(11,12)13/h7H,2-5H2,1H3,(H,15,16). The molecule has 0 aromatic heterocycles. The van der Waals surface area contributed by atoms with Crippen LogP contribution in [0.5, 0.6) is 0 Å². The number of ketones is 1. The van der Waals surface area contributed by atoms with Gasteiger partial charge in [-0.1, -0.05) is 34.8 Å². The largest absolute Gasteiger partial charge is 0.481 e. The van der Waals surface area contributed by atoms with Crippen LogP contribution in [-0.4, -0.2) is 33.2 Å².